The molecule has 0 radical (unpaired) electrons. The standard InChI is InChI=1S/C14H19ClN2O2/c1-8(2)17-13(18)7-11(16)14(17)10-6-9(15)4-5-12(10)19-3/h4-6,8,11,14H,7,16H2,1-3H3. The number of carbonyl (C=O) groups is 1. The Bertz CT molecular complexity index is 490. The number of benzene rings is 1. The first-order valence-corrected chi connectivity index (χ1v) is 6.73. The fourth-order valence-corrected chi connectivity index (χ4v) is 2.89. The van der Waals surface area contributed by atoms with Crippen LogP contribution in [0.3, 0.4) is 0 Å². The van der Waals surface area contributed by atoms with Crippen LogP contribution < -0.4 is 10.5 Å². The van der Waals surface area contributed by atoms with Gasteiger partial charge in [0.25, 0.3) is 0 Å². The Kier molecular flexibility index (Phi) is 4.02. The van der Waals surface area contributed by atoms with Crippen molar-refractivity contribution in [1.82, 2.24) is 4.90 Å². The van der Waals surface area contributed by atoms with Crippen molar-refractivity contribution in [2.45, 2.75) is 38.4 Å². The Labute approximate surface area is 118 Å². The molecule has 104 valence electrons. The lowest BCUT2D eigenvalue weighted by Gasteiger charge is -2.31. The third-order valence-corrected chi connectivity index (χ3v) is 3.71. The van der Waals surface area contributed by atoms with E-state index in [9.17, 15) is 4.79 Å². The molecule has 2 atom stereocenters. The van der Waals surface area contributed by atoms with Crippen molar-refractivity contribution in [3.63, 3.8) is 0 Å². The molecular formula is C14H19ClN2O2. The summed E-state index contributed by atoms with van der Waals surface area (Å²) in [7, 11) is 1.61. The maximum Gasteiger partial charge on any atom is 0.225 e. The molecule has 2 rings (SSSR count). The topological polar surface area (TPSA) is 55.6 Å². The van der Waals surface area contributed by atoms with Crippen molar-refractivity contribution in [2.75, 3.05) is 7.11 Å². The third kappa shape index (κ3) is 2.55. The van der Waals surface area contributed by atoms with Crippen molar-refractivity contribution >= 4 is 17.5 Å². The molecule has 1 aliphatic rings. The molecule has 0 bridgehead atoms. The van der Waals surface area contributed by atoms with E-state index < -0.39 is 0 Å². The molecule has 0 aliphatic carbocycles. The number of ether oxygens (including phenoxy) is 1. The first-order valence-electron chi connectivity index (χ1n) is 6.36. The number of carbonyl (C=O) groups excluding carboxylic acids is 1. The van der Waals surface area contributed by atoms with Gasteiger partial charge in [0.05, 0.1) is 13.2 Å². The van der Waals surface area contributed by atoms with Gasteiger partial charge < -0.3 is 15.4 Å². The summed E-state index contributed by atoms with van der Waals surface area (Å²) in [4.78, 5) is 13.9. The minimum absolute atomic E-state index is 0.0783. The van der Waals surface area contributed by atoms with Crippen LogP contribution in [0.5, 0.6) is 5.75 Å². The number of nitrogens with two attached hydrogens (primary N) is 1. The summed E-state index contributed by atoms with van der Waals surface area (Å²) >= 11 is 6.06. The van der Waals surface area contributed by atoms with Gasteiger partial charge in [-0.1, -0.05) is 11.6 Å². The lowest BCUT2D eigenvalue weighted by molar-refractivity contribution is -0.130. The number of hydrogen-bond donors (Lipinski definition) is 1. The smallest absolute Gasteiger partial charge is 0.225 e. The van der Waals surface area contributed by atoms with E-state index in [4.69, 9.17) is 22.1 Å². The number of amides is 1. The SMILES string of the molecule is COc1ccc(Cl)cc1C1C(N)CC(=O)N1C(C)C. The normalized spacial score (nSPS) is 23.3. The Morgan fingerprint density at radius 2 is 2.16 bits per heavy atom. The molecule has 1 heterocycles. The average Bonchev–Trinajstić information content (AvgIpc) is 2.64. The number of rotatable bonds is 3. The van der Waals surface area contributed by atoms with E-state index >= 15 is 0 Å². The van der Waals surface area contributed by atoms with Gasteiger partial charge in [-0.2, -0.15) is 0 Å². The van der Waals surface area contributed by atoms with Crippen LogP contribution in [0.1, 0.15) is 31.9 Å². The van der Waals surface area contributed by atoms with E-state index in [1.54, 1.807) is 13.2 Å². The molecule has 1 saturated heterocycles. The molecule has 0 spiro atoms. The molecule has 1 aliphatic heterocycles. The predicted molar refractivity (Wildman–Crippen MR) is 75.3 cm³/mol. The summed E-state index contributed by atoms with van der Waals surface area (Å²) in [6.07, 6.45) is 0.360. The second-order valence-electron chi connectivity index (χ2n) is 5.09. The number of methoxy groups -OCH3 is 1. The summed E-state index contributed by atoms with van der Waals surface area (Å²) in [6, 6.07) is 5.09. The molecular weight excluding hydrogens is 264 g/mol. The van der Waals surface area contributed by atoms with Crippen LogP contribution in [0.15, 0.2) is 18.2 Å². The fourth-order valence-electron chi connectivity index (χ4n) is 2.71. The Hall–Kier alpha value is -1.26. The monoisotopic (exact) mass is 282 g/mol. The Morgan fingerprint density at radius 3 is 2.74 bits per heavy atom. The molecule has 2 N–H and O–H groups in total. The van der Waals surface area contributed by atoms with E-state index in [0.29, 0.717) is 17.2 Å². The number of hydrogen-bond acceptors (Lipinski definition) is 3. The first-order chi connectivity index (χ1) is 8.95. The Balaban J connectivity index is 2.49. The van der Waals surface area contributed by atoms with Gasteiger partial charge in [0.1, 0.15) is 5.75 Å². The highest BCUT2D eigenvalue weighted by Gasteiger charge is 2.41. The maximum atomic E-state index is 12.1. The quantitative estimate of drug-likeness (QED) is 0.926. The van der Waals surface area contributed by atoms with Gasteiger partial charge in [0.2, 0.25) is 5.91 Å². The van der Waals surface area contributed by atoms with Crippen molar-refractivity contribution in [1.29, 1.82) is 0 Å². The van der Waals surface area contributed by atoms with Gasteiger partial charge in [0.15, 0.2) is 0 Å². The van der Waals surface area contributed by atoms with Crippen LogP contribution in [0.25, 0.3) is 0 Å². The zero-order valence-electron chi connectivity index (χ0n) is 11.4. The highest BCUT2D eigenvalue weighted by atomic mass is 35.5. The molecule has 4 nitrogen and oxygen atoms in total. The molecule has 5 heteroatoms. The van der Waals surface area contributed by atoms with Crippen LogP contribution in [0, 0.1) is 0 Å². The van der Waals surface area contributed by atoms with E-state index in [1.807, 2.05) is 30.9 Å². The maximum absolute atomic E-state index is 12.1. The van der Waals surface area contributed by atoms with Gasteiger partial charge in [0, 0.05) is 29.1 Å². The van der Waals surface area contributed by atoms with Gasteiger partial charge >= 0.3 is 0 Å². The fraction of sp³-hybridized carbons (Fsp3) is 0.500. The van der Waals surface area contributed by atoms with Gasteiger partial charge in [-0.05, 0) is 32.0 Å². The molecule has 1 fully saturated rings. The van der Waals surface area contributed by atoms with E-state index in [-0.39, 0.29) is 24.0 Å². The van der Waals surface area contributed by atoms with Crippen LogP contribution in [-0.4, -0.2) is 30.0 Å². The second-order valence-corrected chi connectivity index (χ2v) is 5.53. The van der Waals surface area contributed by atoms with Gasteiger partial charge in [-0.15, -0.1) is 0 Å². The summed E-state index contributed by atoms with van der Waals surface area (Å²) in [5.74, 6) is 0.791. The lowest BCUT2D eigenvalue weighted by Crippen LogP contribution is -2.37. The molecule has 0 aromatic heterocycles. The van der Waals surface area contributed by atoms with Crippen molar-refractivity contribution in [3.05, 3.63) is 28.8 Å². The van der Waals surface area contributed by atoms with Crippen LogP contribution in [0.2, 0.25) is 5.02 Å². The lowest BCUT2D eigenvalue weighted by atomic mass is 9.99. The number of nitrogens with zero attached hydrogens (tertiary/aromatic N) is 1. The molecule has 1 aromatic carbocycles. The Morgan fingerprint density at radius 1 is 1.47 bits per heavy atom. The molecule has 1 amide bonds. The highest BCUT2D eigenvalue weighted by Crippen LogP contribution is 2.39. The number of halogens is 1. The summed E-state index contributed by atoms with van der Waals surface area (Å²) < 4.78 is 5.37. The molecule has 1 aromatic rings. The van der Waals surface area contributed by atoms with Gasteiger partial charge in [-0.3, -0.25) is 4.79 Å². The zero-order valence-corrected chi connectivity index (χ0v) is 12.1. The minimum atomic E-state index is -0.234. The molecule has 0 saturated carbocycles. The number of likely N-dealkylation sites (tertiary alicyclic amines) is 1. The predicted octanol–water partition coefficient (Wildman–Crippen LogP) is 2.36. The summed E-state index contributed by atoms with van der Waals surface area (Å²) in [5, 5.41) is 0.617. The van der Waals surface area contributed by atoms with Crippen molar-refractivity contribution < 1.29 is 9.53 Å². The molecule has 19 heavy (non-hydrogen) atoms. The highest BCUT2D eigenvalue weighted by molar-refractivity contribution is 6.30. The van der Waals surface area contributed by atoms with E-state index in [2.05, 4.69) is 0 Å². The summed E-state index contributed by atoms with van der Waals surface area (Å²) in [6.45, 7) is 3.97. The van der Waals surface area contributed by atoms with Crippen molar-refractivity contribution in [3.8, 4) is 5.75 Å². The molecule has 2 unspecified atom stereocenters. The van der Waals surface area contributed by atoms with Crippen LogP contribution in [-0.2, 0) is 4.79 Å². The van der Waals surface area contributed by atoms with E-state index in [1.165, 1.54) is 0 Å². The first kappa shape index (κ1) is 14.2. The summed E-state index contributed by atoms with van der Waals surface area (Å²) in [5.41, 5.74) is 7.02. The largest absolute Gasteiger partial charge is 0.496 e. The minimum Gasteiger partial charge on any atom is -0.496 e. The van der Waals surface area contributed by atoms with E-state index in [0.717, 1.165) is 5.56 Å². The third-order valence-electron chi connectivity index (χ3n) is 3.47. The van der Waals surface area contributed by atoms with Crippen LogP contribution in [0.4, 0.5) is 0 Å². The zero-order chi connectivity index (χ0) is 14.2. The van der Waals surface area contributed by atoms with Crippen LogP contribution >= 0.6 is 11.6 Å². The second kappa shape index (κ2) is 5.39. The van der Waals surface area contributed by atoms with Gasteiger partial charge in [-0.25, -0.2) is 0 Å². The van der Waals surface area contributed by atoms with Crippen molar-refractivity contribution in [2.24, 2.45) is 5.73 Å². The average molecular weight is 283 g/mol.